The number of benzene rings is 1. The summed E-state index contributed by atoms with van der Waals surface area (Å²) < 4.78 is 0. The highest BCUT2D eigenvalue weighted by molar-refractivity contribution is 5.98. The fourth-order valence-corrected chi connectivity index (χ4v) is 1.89. The molecule has 6 nitrogen and oxygen atoms in total. The molecule has 18 heavy (non-hydrogen) atoms. The molecule has 0 aliphatic carbocycles. The van der Waals surface area contributed by atoms with Gasteiger partial charge in [-0.25, -0.2) is 9.97 Å². The van der Waals surface area contributed by atoms with Crippen LogP contribution in [0.1, 0.15) is 11.3 Å². The Morgan fingerprint density at radius 3 is 2.89 bits per heavy atom. The van der Waals surface area contributed by atoms with E-state index in [0.29, 0.717) is 11.4 Å². The number of aromatic amines is 2. The molecule has 5 N–H and O–H groups in total. The minimum Gasteiger partial charge on any atom is -0.384 e. The van der Waals surface area contributed by atoms with Gasteiger partial charge in [0.25, 0.3) is 0 Å². The topological polar surface area (TPSA) is 107 Å². The molecular weight excluding hydrogens is 228 g/mol. The van der Waals surface area contributed by atoms with Gasteiger partial charge in [0.2, 0.25) is 0 Å². The summed E-state index contributed by atoms with van der Waals surface area (Å²) in [7, 11) is 0. The molecule has 0 fully saturated rings. The van der Waals surface area contributed by atoms with Crippen LogP contribution in [0.25, 0.3) is 22.6 Å². The van der Waals surface area contributed by atoms with Gasteiger partial charge in [-0.2, -0.15) is 0 Å². The van der Waals surface area contributed by atoms with Gasteiger partial charge >= 0.3 is 0 Å². The number of nitrogens with zero attached hydrogens (tertiary/aromatic N) is 2. The number of nitrogens with one attached hydrogen (secondary N) is 3. The standard InChI is InChI=1S/C12H12N6/c1-6-10(16-5-15-6)12-17-8-3-2-7(11(13)14)4-9(8)18-12/h2-5H,1H3,(H3,13,14)(H,15,16)(H,17,18). The van der Waals surface area contributed by atoms with Gasteiger partial charge in [0.15, 0.2) is 5.82 Å². The highest BCUT2D eigenvalue weighted by atomic mass is 15.0. The molecule has 3 rings (SSSR count). The van der Waals surface area contributed by atoms with Crippen LogP contribution in [0.3, 0.4) is 0 Å². The van der Waals surface area contributed by atoms with Crippen molar-refractivity contribution in [2.45, 2.75) is 6.92 Å². The SMILES string of the molecule is Cc1[nH]cnc1-c1nc2ccc(C(=N)N)cc2[nH]1. The monoisotopic (exact) mass is 240 g/mol. The van der Waals surface area contributed by atoms with Gasteiger partial charge in [-0.3, -0.25) is 5.41 Å². The molecule has 0 aliphatic heterocycles. The average Bonchev–Trinajstić information content (AvgIpc) is 2.92. The second-order valence-corrected chi connectivity index (χ2v) is 4.11. The first-order valence-electron chi connectivity index (χ1n) is 5.49. The summed E-state index contributed by atoms with van der Waals surface area (Å²) in [6.07, 6.45) is 1.64. The van der Waals surface area contributed by atoms with Crippen molar-refractivity contribution in [2.24, 2.45) is 5.73 Å². The summed E-state index contributed by atoms with van der Waals surface area (Å²) in [6, 6.07) is 5.44. The van der Waals surface area contributed by atoms with Crippen molar-refractivity contribution in [3.63, 3.8) is 0 Å². The van der Waals surface area contributed by atoms with Gasteiger partial charge in [-0.15, -0.1) is 0 Å². The van der Waals surface area contributed by atoms with E-state index in [1.54, 1.807) is 12.4 Å². The average molecular weight is 240 g/mol. The number of rotatable bonds is 2. The van der Waals surface area contributed by atoms with Crippen molar-refractivity contribution in [3.8, 4) is 11.5 Å². The number of hydrogen-bond donors (Lipinski definition) is 4. The molecule has 0 amide bonds. The molecule has 0 radical (unpaired) electrons. The fraction of sp³-hybridized carbons (Fsp3) is 0.0833. The van der Waals surface area contributed by atoms with E-state index in [1.807, 2.05) is 19.1 Å². The van der Waals surface area contributed by atoms with Crippen LogP contribution in [0.5, 0.6) is 0 Å². The van der Waals surface area contributed by atoms with Crippen LogP contribution < -0.4 is 5.73 Å². The van der Waals surface area contributed by atoms with Crippen molar-refractivity contribution in [2.75, 3.05) is 0 Å². The summed E-state index contributed by atoms with van der Waals surface area (Å²) >= 11 is 0. The van der Waals surface area contributed by atoms with E-state index in [-0.39, 0.29) is 5.84 Å². The van der Waals surface area contributed by atoms with Crippen LogP contribution in [0.4, 0.5) is 0 Å². The zero-order valence-electron chi connectivity index (χ0n) is 9.78. The maximum absolute atomic E-state index is 7.42. The number of imidazole rings is 2. The number of amidine groups is 1. The number of hydrogen-bond acceptors (Lipinski definition) is 3. The predicted octanol–water partition coefficient (Wildman–Crippen LogP) is 1.55. The van der Waals surface area contributed by atoms with Crippen molar-refractivity contribution in [3.05, 3.63) is 35.8 Å². The number of nitrogens with two attached hydrogens (primary N) is 1. The van der Waals surface area contributed by atoms with Crippen LogP contribution >= 0.6 is 0 Å². The fourth-order valence-electron chi connectivity index (χ4n) is 1.89. The number of aryl methyl sites for hydroxylation is 1. The van der Waals surface area contributed by atoms with Gasteiger partial charge in [0.05, 0.1) is 17.4 Å². The van der Waals surface area contributed by atoms with E-state index in [2.05, 4.69) is 19.9 Å². The molecule has 0 bridgehead atoms. The molecule has 0 saturated heterocycles. The summed E-state index contributed by atoms with van der Waals surface area (Å²) in [5, 5.41) is 7.42. The number of H-pyrrole nitrogens is 2. The Hall–Kier alpha value is -2.63. The maximum atomic E-state index is 7.42. The zero-order valence-corrected chi connectivity index (χ0v) is 9.78. The first kappa shape index (κ1) is 10.5. The third-order valence-corrected chi connectivity index (χ3v) is 2.85. The highest BCUT2D eigenvalue weighted by Gasteiger charge is 2.10. The molecule has 0 atom stereocenters. The van der Waals surface area contributed by atoms with Gasteiger partial charge in [-0.05, 0) is 25.1 Å². The van der Waals surface area contributed by atoms with Crippen molar-refractivity contribution in [1.82, 2.24) is 19.9 Å². The van der Waals surface area contributed by atoms with E-state index < -0.39 is 0 Å². The Balaban J connectivity index is 2.17. The molecule has 1 aromatic carbocycles. The second-order valence-electron chi connectivity index (χ2n) is 4.11. The normalized spacial score (nSPS) is 10.9. The Kier molecular flexibility index (Phi) is 2.16. The van der Waals surface area contributed by atoms with Gasteiger partial charge < -0.3 is 15.7 Å². The Morgan fingerprint density at radius 2 is 2.22 bits per heavy atom. The minimum absolute atomic E-state index is 0.0454. The lowest BCUT2D eigenvalue weighted by molar-refractivity contribution is 1.24. The molecule has 0 saturated carbocycles. The minimum atomic E-state index is 0.0454. The predicted molar refractivity (Wildman–Crippen MR) is 69.4 cm³/mol. The first-order chi connectivity index (χ1) is 8.65. The Labute approximate surface area is 103 Å². The van der Waals surface area contributed by atoms with Crippen LogP contribution in [-0.2, 0) is 0 Å². The zero-order chi connectivity index (χ0) is 12.7. The van der Waals surface area contributed by atoms with E-state index >= 15 is 0 Å². The van der Waals surface area contributed by atoms with Crippen LogP contribution in [0.15, 0.2) is 24.5 Å². The van der Waals surface area contributed by atoms with E-state index in [0.717, 1.165) is 22.4 Å². The van der Waals surface area contributed by atoms with Gasteiger partial charge in [0.1, 0.15) is 11.5 Å². The third kappa shape index (κ3) is 1.55. The second kappa shape index (κ2) is 3.69. The number of aromatic nitrogens is 4. The summed E-state index contributed by atoms with van der Waals surface area (Å²) in [5.41, 5.74) is 9.58. The Morgan fingerprint density at radius 1 is 1.39 bits per heavy atom. The largest absolute Gasteiger partial charge is 0.384 e. The molecule has 3 aromatic rings. The van der Waals surface area contributed by atoms with Crippen molar-refractivity contribution < 1.29 is 0 Å². The molecule has 90 valence electrons. The lowest BCUT2D eigenvalue weighted by Gasteiger charge is -1.96. The van der Waals surface area contributed by atoms with Crippen LogP contribution in [-0.4, -0.2) is 25.8 Å². The summed E-state index contributed by atoms with van der Waals surface area (Å²) in [5.74, 6) is 0.758. The molecule has 6 heteroatoms. The number of nitrogen functional groups attached to an aromatic ring is 1. The molecule has 0 spiro atoms. The third-order valence-electron chi connectivity index (χ3n) is 2.85. The molecule has 0 aliphatic rings. The Bertz CT molecular complexity index is 736. The smallest absolute Gasteiger partial charge is 0.159 e. The molecule has 2 aromatic heterocycles. The summed E-state index contributed by atoms with van der Waals surface area (Å²) in [4.78, 5) is 14.9. The summed E-state index contributed by atoms with van der Waals surface area (Å²) in [6.45, 7) is 1.94. The maximum Gasteiger partial charge on any atom is 0.159 e. The highest BCUT2D eigenvalue weighted by Crippen LogP contribution is 2.21. The lowest BCUT2D eigenvalue weighted by Crippen LogP contribution is -2.10. The van der Waals surface area contributed by atoms with Gasteiger partial charge in [-0.1, -0.05) is 0 Å². The molecule has 2 heterocycles. The van der Waals surface area contributed by atoms with Gasteiger partial charge in [0, 0.05) is 11.3 Å². The quantitative estimate of drug-likeness (QED) is 0.403. The van der Waals surface area contributed by atoms with E-state index in [1.165, 1.54) is 0 Å². The first-order valence-corrected chi connectivity index (χ1v) is 5.49. The van der Waals surface area contributed by atoms with Crippen molar-refractivity contribution in [1.29, 1.82) is 5.41 Å². The van der Waals surface area contributed by atoms with Crippen LogP contribution in [0.2, 0.25) is 0 Å². The van der Waals surface area contributed by atoms with Crippen LogP contribution in [0, 0.1) is 12.3 Å². The molecular formula is C12H12N6. The van der Waals surface area contributed by atoms with E-state index in [9.17, 15) is 0 Å². The molecule has 0 unspecified atom stereocenters. The lowest BCUT2D eigenvalue weighted by atomic mass is 10.2. The van der Waals surface area contributed by atoms with Crippen molar-refractivity contribution >= 4 is 16.9 Å². The number of fused-ring (bicyclic) bond motifs is 1. The van der Waals surface area contributed by atoms with E-state index in [4.69, 9.17) is 11.1 Å².